The van der Waals surface area contributed by atoms with Crippen LogP contribution in [0.5, 0.6) is 0 Å². The maximum atomic E-state index is 12.9. The van der Waals surface area contributed by atoms with Gasteiger partial charge in [0.05, 0.1) is 11.8 Å². The first kappa shape index (κ1) is 14.3. The van der Waals surface area contributed by atoms with Gasteiger partial charge in [0.25, 0.3) is 0 Å². The number of para-hydroxylation sites is 1. The molecule has 0 saturated heterocycles. The van der Waals surface area contributed by atoms with Gasteiger partial charge in [-0.25, -0.2) is 0 Å². The molecular weight excluding hydrogens is 280 g/mol. The van der Waals surface area contributed by atoms with Crippen LogP contribution >= 0.6 is 0 Å². The molecule has 0 aliphatic carbocycles. The van der Waals surface area contributed by atoms with E-state index in [0.29, 0.717) is 5.69 Å². The Kier molecular flexibility index (Phi) is 3.41. The quantitative estimate of drug-likeness (QED) is 0.937. The highest BCUT2D eigenvalue weighted by atomic mass is 16.4. The van der Waals surface area contributed by atoms with Gasteiger partial charge < -0.3 is 10.0 Å². The molecule has 5 heteroatoms. The number of benzene rings is 1. The van der Waals surface area contributed by atoms with Crippen molar-refractivity contribution in [1.29, 1.82) is 0 Å². The molecular formula is C17H16N2O3. The Morgan fingerprint density at radius 2 is 1.95 bits per heavy atom. The van der Waals surface area contributed by atoms with Crippen LogP contribution in [0.25, 0.3) is 0 Å². The number of aromatic nitrogens is 1. The smallest absolute Gasteiger partial charge is 0.304 e. The average Bonchev–Trinajstić information content (AvgIpc) is 2.71. The number of amides is 1. The standard InChI is InChI=1S/C17H16N2O3/c1-19-14-8-3-2-7-13(14)17(16(19)22,11-15(20)21)10-12-6-4-5-9-18-12/h2-9H,10-11H2,1H3,(H,20,21). The predicted molar refractivity (Wildman–Crippen MR) is 81.7 cm³/mol. The van der Waals surface area contributed by atoms with Gasteiger partial charge in [-0.1, -0.05) is 24.3 Å². The van der Waals surface area contributed by atoms with Crippen LogP contribution in [0.4, 0.5) is 5.69 Å². The van der Waals surface area contributed by atoms with Gasteiger partial charge in [0.1, 0.15) is 0 Å². The molecule has 1 unspecified atom stereocenters. The van der Waals surface area contributed by atoms with Gasteiger partial charge in [-0.15, -0.1) is 0 Å². The third-order valence-corrected chi connectivity index (χ3v) is 4.16. The highest BCUT2D eigenvalue weighted by Gasteiger charge is 2.51. The van der Waals surface area contributed by atoms with E-state index in [-0.39, 0.29) is 18.7 Å². The highest BCUT2D eigenvalue weighted by Crippen LogP contribution is 2.45. The Morgan fingerprint density at radius 1 is 1.23 bits per heavy atom. The van der Waals surface area contributed by atoms with Crippen LogP contribution in [-0.4, -0.2) is 29.0 Å². The van der Waals surface area contributed by atoms with Crippen LogP contribution in [0.15, 0.2) is 48.7 Å². The van der Waals surface area contributed by atoms with E-state index in [1.165, 1.54) is 0 Å². The van der Waals surface area contributed by atoms with Gasteiger partial charge in [-0.2, -0.15) is 0 Å². The molecule has 0 spiro atoms. The predicted octanol–water partition coefficient (Wildman–Crippen LogP) is 2.01. The minimum Gasteiger partial charge on any atom is -0.481 e. The van der Waals surface area contributed by atoms with E-state index in [0.717, 1.165) is 11.3 Å². The van der Waals surface area contributed by atoms with Crippen molar-refractivity contribution in [1.82, 2.24) is 4.98 Å². The number of carboxylic acids is 1. The summed E-state index contributed by atoms with van der Waals surface area (Å²) in [4.78, 5) is 30.1. The second-order valence-corrected chi connectivity index (χ2v) is 5.53. The number of nitrogens with zero attached hydrogens (tertiary/aromatic N) is 2. The molecule has 1 atom stereocenters. The summed E-state index contributed by atoms with van der Waals surface area (Å²) in [5.41, 5.74) is 1.15. The summed E-state index contributed by atoms with van der Waals surface area (Å²) >= 11 is 0. The number of pyridine rings is 1. The minimum absolute atomic E-state index is 0.193. The number of anilines is 1. The number of carbonyl (C=O) groups is 2. The molecule has 3 rings (SSSR count). The fourth-order valence-electron chi connectivity index (χ4n) is 3.19. The lowest BCUT2D eigenvalue weighted by Gasteiger charge is -2.26. The molecule has 112 valence electrons. The molecule has 0 radical (unpaired) electrons. The summed E-state index contributed by atoms with van der Waals surface area (Å²) in [6, 6.07) is 12.8. The van der Waals surface area contributed by atoms with Crippen molar-refractivity contribution in [2.45, 2.75) is 18.3 Å². The molecule has 2 heterocycles. The third-order valence-electron chi connectivity index (χ3n) is 4.16. The zero-order valence-corrected chi connectivity index (χ0v) is 12.2. The number of rotatable bonds is 4. The van der Waals surface area contributed by atoms with Gasteiger partial charge >= 0.3 is 5.97 Å². The van der Waals surface area contributed by atoms with Gasteiger partial charge in [0.2, 0.25) is 5.91 Å². The molecule has 0 saturated carbocycles. The summed E-state index contributed by atoms with van der Waals surface area (Å²) < 4.78 is 0. The Labute approximate surface area is 128 Å². The second kappa shape index (κ2) is 5.26. The zero-order chi connectivity index (χ0) is 15.7. The van der Waals surface area contributed by atoms with Crippen molar-refractivity contribution in [3.63, 3.8) is 0 Å². The molecule has 22 heavy (non-hydrogen) atoms. The molecule has 2 aromatic rings. The topological polar surface area (TPSA) is 70.5 Å². The van der Waals surface area contributed by atoms with Crippen molar-refractivity contribution in [3.8, 4) is 0 Å². The number of carboxylic acid groups (broad SMARTS) is 1. The molecule has 1 aromatic carbocycles. The minimum atomic E-state index is -1.09. The molecule has 1 amide bonds. The molecule has 0 fully saturated rings. The van der Waals surface area contributed by atoms with E-state index >= 15 is 0 Å². The highest BCUT2D eigenvalue weighted by molar-refractivity contribution is 6.09. The monoisotopic (exact) mass is 296 g/mol. The first-order valence-corrected chi connectivity index (χ1v) is 7.04. The second-order valence-electron chi connectivity index (χ2n) is 5.53. The number of hydrogen-bond donors (Lipinski definition) is 1. The van der Waals surface area contributed by atoms with Gasteiger partial charge in [0, 0.05) is 31.0 Å². The number of fused-ring (bicyclic) bond motifs is 1. The lowest BCUT2D eigenvalue weighted by atomic mass is 9.75. The van der Waals surface area contributed by atoms with Gasteiger partial charge in [0.15, 0.2) is 0 Å². The Bertz CT molecular complexity index is 730. The van der Waals surface area contributed by atoms with Crippen molar-refractivity contribution in [2.75, 3.05) is 11.9 Å². The van der Waals surface area contributed by atoms with Crippen molar-refractivity contribution in [2.24, 2.45) is 0 Å². The molecule has 1 aromatic heterocycles. The average molecular weight is 296 g/mol. The number of hydrogen-bond acceptors (Lipinski definition) is 3. The van der Waals surface area contributed by atoms with E-state index in [9.17, 15) is 14.7 Å². The zero-order valence-electron chi connectivity index (χ0n) is 12.2. The summed E-state index contributed by atoms with van der Waals surface area (Å²) in [7, 11) is 1.68. The Morgan fingerprint density at radius 3 is 2.64 bits per heavy atom. The van der Waals surface area contributed by atoms with Crippen molar-refractivity contribution in [3.05, 3.63) is 59.9 Å². The maximum Gasteiger partial charge on any atom is 0.304 e. The van der Waals surface area contributed by atoms with Gasteiger partial charge in [-0.05, 0) is 23.8 Å². The van der Waals surface area contributed by atoms with Crippen LogP contribution in [0.2, 0.25) is 0 Å². The summed E-state index contributed by atoms with van der Waals surface area (Å²) in [6.45, 7) is 0. The Balaban J connectivity index is 2.14. The third kappa shape index (κ3) is 2.15. The lowest BCUT2D eigenvalue weighted by molar-refractivity contribution is -0.141. The van der Waals surface area contributed by atoms with E-state index < -0.39 is 11.4 Å². The summed E-state index contributed by atoms with van der Waals surface area (Å²) in [5.74, 6) is -1.18. The molecule has 1 aliphatic heterocycles. The van der Waals surface area contributed by atoms with Crippen molar-refractivity contribution < 1.29 is 14.7 Å². The normalized spacial score (nSPS) is 20.0. The molecule has 0 bridgehead atoms. The van der Waals surface area contributed by atoms with Crippen LogP contribution in [0.1, 0.15) is 17.7 Å². The first-order chi connectivity index (χ1) is 10.5. The van der Waals surface area contributed by atoms with Crippen LogP contribution < -0.4 is 4.90 Å². The van der Waals surface area contributed by atoms with Crippen molar-refractivity contribution >= 4 is 17.6 Å². The van der Waals surface area contributed by atoms with Crippen LogP contribution in [0, 0.1) is 0 Å². The summed E-state index contributed by atoms with van der Waals surface area (Å²) in [6.07, 6.45) is 1.68. The number of likely N-dealkylation sites (N-methyl/N-ethyl adjacent to an activating group) is 1. The van der Waals surface area contributed by atoms with Gasteiger partial charge in [-0.3, -0.25) is 14.6 Å². The molecule has 1 N–H and O–H groups in total. The van der Waals surface area contributed by atoms with Crippen LogP contribution in [0.3, 0.4) is 0 Å². The SMILES string of the molecule is CN1C(=O)C(CC(=O)O)(Cc2ccccn2)c2ccccc21. The largest absolute Gasteiger partial charge is 0.481 e. The lowest BCUT2D eigenvalue weighted by Crippen LogP contribution is -2.42. The fraction of sp³-hybridized carbons (Fsp3) is 0.235. The number of aliphatic carboxylic acids is 1. The molecule has 5 nitrogen and oxygen atoms in total. The summed E-state index contributed by atoms with van der Waals surface area (Å²) in [5, 5.41) is 9.36. The maximum absolute atomic E-state index is 12.9. The fourth-order valence-corrected chi connectivity index (χ4v) is 3.19. The first-order valence-electron chi connectivity index (χ1n) is 7.04. The van der Waals surface area contributed by atoms with E-state index in [2.05, 4.69) is 4.98 Å². The van der Waals surface area contributed by atoms with E-state index in [1.807, 2.05) is 36.4 Å². The Hall–Kier alpha value is -2.69. The van der Waals surface area contributed by atoms with E-state index in [1.54, 1.807) is 24.2 Å². The van der Waals surface area contributed by atoms with Crippen LogP contribution in [-0.2, 0) is 21.4 Å². The number of carbonyl (C=O) groups excluding carboxylic acids is 1. The molecule has 1 aliphatic rings. The van der Waals surface area contributed by atoms with E-state index in [4.69, 9.17) is 0 Å².